The van der Waals surface area contributed by atoms with Gasteiger partial charge in [0.2, 0.25) is 0 Å². The molecule has 0 saturated carbocycles. The number of nitrogens with zero attached hydrogens (tertiary/aromatic N) is 2. The topological polar surface area (TPSA) is 52.7 Å². The average Bonchev–Trinajstić information content (AvgIpc) is 2.69. The van der Waals surface area contributed by atoms with Crippen molar-refractivity contribution >= 4 is 11.8 Å². The number of piperazine rings is 1. The molecule has 0 radical (unpaired) electrons. The standard InChI is InChI=1S/C21H29N3O2/c1-23-12-14-24(15-13-23)21(26)19-9-5-8-18(16-19)20(25)22-11-10-17-6-3-2-4-7-17/h5-6,8-9,16H,2-4,7,10-15H2,1H3,(H,22,25). The van der Waals surface area contributed by atoms with E-state index in [0.717, 1.165) is 39.0 Å². The van der Waals surface area contributed by atoms with Crippen LogP contribution in [0, 0.1) is 0 Å². The summed E-state index contributed by atoms with van der Waals surface area (Å²) in [6.07, 6.45) is 8.10. The van der Waals surface area contributed by atoms with Gasteiger partial charge in [-0.25, -0.2) is 0 Å². The molecule has 1 heterocycles. The van der Waals surface area contributed by atoms with Crippen LogP contribution < -0.4 is 5.32 Å². The molecule has 140 valence electrons. The van der Waals surface area contributed by atoms with Crippen LogP contribution in [0.3, 0.4) is 0 Å². The fraction of sp³-hybridized carbons (Fsp3) is 0.524. The first kappa shape index (κ1) is 18.6. The second-order valence-corrected chi connectivity index (χ2v) is 7.29. The van der Waals surface area contributed by atoms with E-state index in [2.05, 4.69) is 23.3 Å². The summed E-state index contributed by atoms with van der Waals surface area (Å²) in [5, 5.41) is 2.99. The zero-order valence-electron chi connectivity index (χ0n) is 15.7. The minimum atomic E-state index is -0.102. The van der Waals surface area contributed by atoms with E-state index in [9.17, 15) is 9.59 Å². The Hall–Kier alpha value is -2.14. The van der Waals surface area contributed by atoms with E-state index in [1.807, 2.05) is 4.90 Å². The van der Waals surface area contributed by atoms with Gasteiger partial charge in [-0.3, -0.25) is 9.59 Å². The third-order valence-electron chi connectivity index (χ3n) is 5.28. The van der Waals surface area contributed by atoms with Crippen LogP contribution in [0.4, 0.5) is 0 Å². The zero-order valence-corrected chi connectivity index (χ0v) is 15.7. The number of carbonyl (C=O) groups excluding carboxylic acids is 2. The van der Waals surface area contributed by atoms with Crippen molar-refractivity contribution in [3.8, 4) is 0 Å². The Balaban J connectivity index is 1.55. The third-order valence-corrected chi connectivity index (χ3v) is 5.28. The lowest BCUT2D eigenvalue weighted by atomic mass is 9.97. The Morgan fingerprint density at radius 2 is 1.85 bits per heavy atom. The van der Waals surface area contributed by atoms with Crippen molar-refractivity contribution in [3.63, 3.8) is 0 Å². The SMILES string of the molecule is CN1CCN(C(=O)c2cccc(C(=O)NCCC3=CCCCC3)c2)CC1. The molecule has 2 aliphatic rings. The molecule has 3 rings (SSSR count). The lowest BCUT2D eigenvalue weighted by Gasteiger charge is -2.32. The van der Waals surface area contributed by atoms with Gasteiger partial charge < -0.3 is 15.1 Å². The van der Waals surface area contributed by atoms with E-state index in [0.29, 0.717) is 17.7 Å². The van der Waals surface area contributed by atoms with Crippen molar-refractivity contribution in [2.45, 2.75) is 32.1 Å². The maximum Gasteiger partial charge on any atom is 0.253 e. The van der Waals surface area contributed by atoms with E-state index in [4.69, 9.17) is 0 Å². The highest BCUT2D eigenvalue weighted by atomic mass is 16.2. The van der Waals surface area contributed by atoms with Gasteiger partial charge >= 0.3 is 0 Å². The molecule has 5 nitrogen and oxygen atoms in total. The van der Waals surface area contributed by atoms with Crippen LogP contribution in [-0.2, 0) is 0 Å². The molecule has 1 fully saturated rings. The summed E-state index contributed by atoms with van der Waals surface area (Å²) in [4.78, 5) is 29.2. The predicted octanol–water partition coefficient (Wildman–Crippen LogP) is 2.69. The second-order valence-electron chi connectivity index (χ2n) is 7.29. The van der Waals surface area contributed by atoms with Gasteiger partial charge in [0.15, 0.2) is 0 Å². The minimum Gasteiger partial charge on any atom is -0.352 e. The van der Waals surface area contributed by atoms with E-state index in [1.54, 1.807) is 24.3 Å². The Morgan fingerprint density at radius 3 is 2.58 bits per heavy atom. The molecule has 1 aliphatic carbocycles. The number of likely N-dealkylation sites (N-methyl/N-ethyl adjacent to an activating group) is 1. The van der Waals surface area contributed by atoms with Gasteiger partial charge in [-0.05, 0) is 57.4 Å². The summed E-state index contributed by atoms with van der Waals surface area (Å²) >= 11 is 0. The first-order valence-electron chi connectivity index (χ1n) is 9.67. The lowest BCUT2D eigenvalue weighted by Crippen LogP contribution is -2.47. The van der Waals surface area contributed by atoms with Crippen LogP contribution in [-0.4, -0.2) is 61.4 Å². The van der Waals surface area contributed by atoms with Crippen molar-refractivity contribution < 1.29 is 9.59 Å². The summed E-state index contributed by atoms with van der Waals surface area (Å²) < 4.78 is 0. The number of amides is 2. The van der Waals surface area contributed by atoms with Gasteiger partial charge in [-0.15, -0.1) is 0 Å². The summed E-state index contributed by atoms with van der Waals surface area (Å²) in [6, 6.07) is 7.08. The highest BCUT2D eigenvalue weighted by Crippen LogP contribution is 2.19. The molecule has 1 aliphatic heterocycles. The number of carbonyl (C=O) groups is 2. The molecule has 1 N–H and O–H groups in total. The minimum absolute atomic E-state index is 0.0140. The number of rotatable bonds is 5. The highest BCUT2D eigenvalue weighted by Gasteiger charge is 2.21. The van der Waals surface area contributed by atoms with Crippen LogP contribution in [0.15, 0.2) is 35.9 Å². The molecular formula is C21H29N3O2. The molecule has 0 atom stereocenters. The smallest absolute Gasteiger partial charge is 0.253 e. The van der Waals surface area contributed by atoms with E-state index < -0.39 is 0 Å². The fourth-order valence-electron chi connectivity index (χ4n) is 3.56. The summed E-state index contributed by atoms with van der Waals surface area (Å²) in [6.45, 7) is 3.91. The zero-order chi connectivity index (χ0) is 18.4. The number of hydrogen-bond donors (Lipinski definition) is 1. The Labute approximate surface area is 156 Å². The first-order valence-corrected chi connectivity index (χ1v) is 9.67. The highest BCUT2D eigenvalue weighted by molar-refractivity contribution is 5.99. The molecule has 1 aromatic rings. The third kappa shape index (κ3) is 4.94. The van der Waals surface area contributed by atoms with E-state index in [-0.39, 0.29) is 11.8 Å². The lowest BCUT2D eigenvalue weighted by molar-refractivity contribution is 0.0664. The summed E-state index contributed by atoms with van der Waals surface area (Å²) in [5.41, 5.74) is 2.61. The Bertz CT molecular complexity index is 676. The van der Waals surface area contributed by atoms with Crippen LogP contribution in [0.2, 0.25) is 0 Å². The molecule has 0 unspecified atom stereocenters. The van der Waals surface area contributed by atoms with E-state index >= 15 is 0 Å². The fourth-order valence-corrected chi connectivity index (χ4v) is 3.56. The van der Waals surface area contributed by atoms with Crippen LogP contribution in [0.25, 0.3) is 0 Å². The largest absolute Gasteiger partial charge is 0.352 e. The van der Waals surface area contributed by atoms with Crippen molar-refractivity contribution in [3.05, 3.63) is 47.0 Å². The van der Waals surface area contributed by atoms with Gasteiger partial charge in [-0.2, -0.15) is 0 Å². The monoisotopic (exact) mass is 355 g/mol. The van der Waals surface area contributed by atoms with Crippen molar-refractivity contribution in [2.75, 3.05) is 39.8 Å². The van der Waals surface area contributed by atoms with Gasteiger partial charge in [0.1, 0.15) is 0 Å². The molecule has 0 aromatic heterocycles. The number of nitrogens with one attached hydrogen (secondary N) is 1. The molecule has 2 amide bonds. The quantitative estimate of drug-likeness (QED) is 0.826. The Morgan fingerprint density at radius 1 is 1.08 bits per heavy atom. The molecule has 1 saturated heterocycles. The van der Waals surface area contributed by atoms with E-state index in [1.165, 1.54) is 24.8 Å². The molecule has 5 heteroatoms. The predicted molar refractivity (Wildman–Crippen MR) is 103 cm³/mol. The van der Waals surface area contributed by atoms with Crippen molar-refractivity contribution in [1.29, 1.82) is 0 Å². The van der Waals surface area contributed by atoms with Gasteiger partial charge in [0.25, 0.3) is 11.8 Å². The summed E-state index contributed by atoms with van der Waals surface area (Å²) in [5.74, 6) is -0.0884. The normalized spacial score (nSPS) is 18.3. The van der Waals surface area contributed by atoms with Gasteiger partial charge in [-0.1, -0.05) is 17.7 Å². The average molecular weight is 355 g/mol. The number of hydrogen-bond acceptors (Lipinski definition) is 3. The second kappa shape index (κ2) is 8.99. The van der Waals surface area contributed by atoms with Gasteiger partial charge in [0, 0.05) is 43.9 Å². The molecule has 1 aromatic carbocycles. The first-order chi connectivity index (χ1) is 12.6. The molecule has 0 bridgehead atoms. The van der Waals surface area contributed by atoms with Crippen LogP contribution in [0.1, 0.15) is 52.8 Å². The molecule has 0 spiro atoms. The van der Waals surface area contributed by atoms with Crippen molar-refractivity contribution in [1.82, 2.24) is 15.1 Å². The molecule has 26 heavy (non-hydrogen) atoms. The summed E-state index contributed by atoms with van der Waals surface area (Å²) in [7, 11) is 2.07. The maximum atomic E-state index is 12.7. The van der Waals surface area contributed by atoms with Gasteiger partial charge in [0.05, 0.1) is 0 Å². The number of allylic oxidation sites excluding steroid dienone is 1. The number of benzene rings is 1. The van der Waals surface area contributed by atoms with Crippen molar-refractivity contribution in [2.24, 2.45) is 0 Å². The molecular weight excluding hydrogens is 326 g/mol. The van der Waals surface area contributed by atoms with Crippen LogP contribution >= 0.6 is 0 Å². The maximum absolute atomic E-state index is 12.7. The Kier molecular flexibility index (Phi) is 6.45. The van der Waals surface area contributed by atoms with Crippen LogP contribution in [0.5, 0.6) is 0 Å².